The first kappa shape index (κ1) is 14.1. The summed E-state index contributed by atoms with van der Waals surface area (Å²) in [6.45, 7) is 0.323. The number of sulfonamides is 1. The zero-order chi connectivity index (χ0) is 14.2. The number of thiazole rings is 1. The average molecular weight is 393 g/mol. The van der Waals surface area contributed by atoms with Crippen molar-refractivity contribution in [3.63, 3.8) is 0 Å². The van der Waals surface area contributed by atoms with Crippen molar-refractivity contribution in [3.05, 3.63) is 33.3 Å². The first-order chi connectivity index (χ1) is 9.56. The van der Waals surface area contributed by atoms with E-state index >= 15 is 0 Å². The van der Waals surface area contributed by atoms with E-state index in [1.165, 1.54) is 29.0 Å². The third-order valence-corrected chi connectivity index (χ3v) is 7.03. The van der Waals surface area contributed by atoms with Crippen LogP contribution in [0.4, 0.5) is 0 Å². The van der Waals surface area contributed by atoms with Crippen LogP contribution in [0.2, 0.25) is 0 Å². The van der Waals surface area contributed by atoms with Crippen LogP contribution in [-0.4, -0.2) is 29.6 Å². The maximum absolute atomic E-state index is 12.0. The van der Waals surface area contributed by atoms with Crippen LogP contribution in [0.1, 0.15) is 5.69 Å². The van der Waals surface area contributed by atoms with Gasteiger partial charge in [-0.1, -0.05) is 0 Å². The highest BCUT2D eigenvalue weighted by atomic mass is 79.9. The molecule has 0 saturated carbocycles. The van der Waals surface area contributed by atoms with E-state index < -0.39 is 10.0 Å². The van der Waals surface area contributed by atoms with E-state index in [2.05, 4.69) is 30.7 Å². The predicted molar refractivity (Wildman–Crippen MR) is 81.8 cm³/mol. The lowest BCUT2D eigenvalue weighted by atomic mass is 10.3. The second-order valence-corrected chi connectivity index (χ2v) is 9.18. The van der Waals surface area contributed by atoms with Gasteiger partial charge in [0.1, 0.15) is 10.5 Å². The molecule has 20 heavy (non-hydrogen) atoms. The summed E-state index contributed by atoms with van der Waals surface area (Å²) in [6.07, 6.45) is 2.05. The Morgan fingerprint density at radius 1 is 1.40 bits per heavy atom. The van der Waals surface area contributed by atoms with E-state index in [0.29, 0.717) is 17.2 Å². The molecule has 0 aliphatic rings. The summed E-state index contributed by atoms with van der Waals surface area (Å²) in [5, 5.41) is 6.03. The van der Waals surface area contributed by atoms with Gasteiger partial charge in [0.2, 0.25) is 15.0 Å². The number of thiophene rings is 1. The smallest absolute Gasteiger partial charge is 0.210 e. The summed E-state index contributed by atoms with van der Waals surface area (Å²) in [4.78, 5) is 4.88. The van der Waals surface area contributed by atoms with Crippen LogP contribution in [-0.2, 0) is 16.4 Å². The fourth-order valence-corrected chi connectivity index (χ4v) is 5.59. The SMILES string of the molecule is O=S(=O)(NCCc1csc2ncnn12)c1ccc(Br)s1. The number of aromatic nitrogens is 3. The van der Waals surface area contributed by atoms with Gasteiger partial charge in [0.15, 0.2) is 0 Å². The van der Waals surface area contributed by atoms with Crippen molar-refractivity contribution in [2.24, 2.45) is 0 Å². The van der Waals surface area contributed by atoms with Crippen molar-refractivity contribution >= 4 is 53.6 Å². The maximum atomic E-state index is 12.0. The minimum atomic E-state index is -3.44. The second-order valence-electron chi connectivity index (χ2n) is 3.89. The summed E-state index contributed by atoms with van der Waals surface area (Å²) in [6, 6.07) is 3.30. The quantitative estimate of drug-likeness (QED) is 0.721. The van der Waals surface area contributed by atoms with E-state index in [4.69, 9.17) is 0 Å². The predicted octanol–water partition coefficient (Wildman–Crippen LogP) is 2.14. The molecule has 0 amide bonds. The van der Waals surface area contributed by atoms with E-state index in [1.54, 1.807) is 16.6 Å². The van der Waals surface area contributed by atoms with Crippen molar-refractivity contribution in [1.29, 1.82) is 0 Å². The molecule has 0 bridgehead atoms. The number of halogens is 1. The van der Waals surface area contributed by atoms with Gasteiger partial charge in [-0.2, -0.15) is 5.10 Å². The fourth-order valence-electron chi connectivity index (χ4n) is 1.67. The third-order valence-electron chi connectivity index (χ3n) is 2.58. The molecule has 6 nitrogen and oxygen atoms in total. The number of nitrogens with one attached hydrogen (secondary N) is 1. The normalized spacial score (nSPS) is 12.2. The van der Waals surface area contributed by atoms with Crippen LogP contribution in [0.25, 0.3) is 4.96 Å². The van der Waals surface area contributed by atoms with Crippen LogP contribution < -0.4 is 4.72 Å². The van der Waals surface area contributed by atoms with E-state index in [0.717, 1.165) is 14.4 Å². The standard InChI is InChI=1S/C10H9BrN4O2S3/c11-8-1-2-9(19-8)20(16,17)14-4-3-7-5-18-10-12-6-13-15(7)10/h1-2,5-6,14H,3-4H2. The Balaban J connectivity index is 1.67. The molecule has 106 valence electrons. The molecule has 0 radical (unpaired) electrons. The topological polar surface area (TPSA) is 76.4 Å². The van der Waals surface area contributed by atoms with Crippen molar-refractivity contribution in [2.75, 3.05) is 6.54 Å². The molecule has 10 heteroatoms. The summed E-state index contributed by atoms with van der Waals surface area (Å²) in [5.74, 6) is 0. The fraction of sp³-hybridized carbons (Fsp3) is 0.200. The summed E-state index contributed by atoms with van der Waals surface area (Å²) in [7, 11) is -3.44. The van der Waals surface area contributed by atoms with Crippen LogP contribution >= 0.6 is 38.6 Å². The molecule has 3 aromatic rings. The zero-order valence-electron chi connectivity index (χ0n) is 9.98. The molecule has 0 atom stereocenters. The first-order valence-electron chi connectivity index (χ1n) is 5.57. The molecule has 0 fully saturated rings. The van der Waals surface area contributed by atoms with Crippen LogP contribution in [0.3, 0.4) is 0 Å². The highest BCUT2D eigenvalue weighted by molar-refractivity contribution is 9.11. The second kappa shape index (κ2) is 5.53. The molecule has 0 spiro atoms. The summed E-state index contributed by atoms with van der Waals surface area (Å²) < 4.78 is 29.5. The Kier molecular flexibility index (Phi) is 3.91. The van der Waals surface area contributed by atoms with Crippen molar-refractivity contribution in [2.45, 2.75) is 10.6 Å². The summed E-state index contributed by atoms with van der Waals surface area (Å²) >= 11 is 5.93. The maximum Gasteiger partial charge on any atom is 0.250 e. The van der Waals surface area contributed by atoms with E-state index in [9.17, 15) is 8.42 Å². The van der Waals surface area contributed by atoms with Crippen LogP contribution in [0.15, 0.2) is 31.8 Å². The number of rotatable bonds is 5. The zero-order valence-corrected chi connectivity index (χ0v) is 14.0. The van der Waals surface area contributed by atoms with Gasteiger partial charge in [-0.05, 0) is 28.1 Å². The molecule has 3 rings (SSSR count). The number of hydrogen-bond donors (Lipinski definition) is 1. The number of nitrogens with zero attached hydrogens (tertiary/aromatic N) is 3. The van der Waals surface area contributed by atoms with Gasteiger partial charge in [0.05, 0.1) is 9.48 Å². The average Bonchev–Trinajstić information content (AvgIpc) is 3.06. The highest BCUT2D eigenvalue weighted by Gasteiger charge is 2.16. The highest BCUT2D eigenvalue weighted by Crippen LogP contribution is 2.25. The Labute approximate surface area is 131 Å². The lowest BCUT2D eigenvalue weighted by Crippen LogP contribution is -2.25. The van der Waals surface area contributed by atoms with E-state index in [-0.39, 0.29) is 0 Å². The van der Waals surface area contributed by atoms with Gasteiger partial charge in [-0.15, -0.1) is 22.7 Å². The third kappa shape index (κ3) is 2.79. The van der Waals surface area contributed by atoms with Gasteiger partial charge >= 0.3 is 0 Å². The minimum absolute atomic E-state index is 0.306. The monoisotopic (exact) mass is 392 g/mol. The first-order valence-corrected chi connectivity index (χ1v) is 9.54. The van der Waals surface area contributed by atoms with Gasteiger partial charge in [0.25, 0.3) is 0 Å². The molecule has 0 aromatic carbocycles. The van der Waals surface area contributed by atoms with Crippen molar-refractivity contribution in [1.82, 2.24) is 19.3 Å². The number of hydrogen-bond acceptors (Lipinski definition) is 6. The largest absolute Gasteiger partial charge is 0.250 e. The lowest BCUT2D eigenvalue weighted by molar-refractivity contribution is 0.583. The Morgan fingerprint density at radius 2 is 2.25 bits per heavy atom. The Bertz CT molecular complexity index is 836. The van der Waals surface area contributed by atoms with Crippen molar-refractivity contribution < 1.29 is 8.42 Å². The lowest BCUT2D eigenvalue weighted by Gasteiger charge is -2.03. The molecule has 3 heterocycles. The molecule has 1 N–H and O–H groups in total. The van der Waals surface area contributed by atoms with Gasteiger partial charge < -0.3 is 0 Å². The Morgan fingerprint density at radius 3 is 3.00 bits per heavy atom. The van der Waals surface area contributed by atoms with Gasteiger partial charge in [-0.3, -0.25) is 0 Å². The molecule has 0 aliphatic heterocycles. The summed E-state index contributed by atoms with van der Waals surface area (Å²) in [5.41, 5.74) is 0.942. The number of fused-ring (bicyclic) bond motifs is 1. The van der Waals surface area contributed by atoms with Gasteiger partial charge in [0, 0.05) is 18.3 Å². The minimum Gasteiger partial charge on any atom is -0.210 e. The molecular weight excluding hydrogens is 384 g/mol. The van der Waals surface area contributed by atoms with Gasteiger partial charge in [-0.25, -0.2) is 22.6 Å². The Hall–Kier alpha value is -0.810. The van der Waals surface area contributed by atoms with Crippen molar-refractivity contribution in [3.8, 4) is 0 Å². The molecule has 0 aliphatic carbocycles. The van der Waals surface area contributed by atoms with E-state index in [1.807, 2.05) is 5.38 Å². The molecule has 3 aromatic heterocycles. The molecular formula is C10H9BrN4O2S3. The van der Waals surface area contributed by atoms with Crippen LogP contribution in [0.5, 0.6) is 0 Å². The van der Waals surface area contributed by atoms with Crippen LogP contribution in [0, 0.1) is 0 Å². The molecule has 0 unspecified atom stereocenters. The molecule has 0 saturated heterocycles.